The van der Waals surface area contributed by atoms with Crippen LogP contribution in [0.15, 0.2) is 188 Å². The fourth-order valence-corrected chi connectivity index (χ4v) is 14.0. The minimum Gasteiger partial charge on any atom is -0.355 e. The van der Waals surface area contributed by atoms with Crippen molar-refractivity contribution in [2.45, 2.75) is 76.0 Å². The van der Waals surface area contributed by atoms with Gasteiger partial charge in [0.2, 0.25) is 0 Å². The summed E-state index contributed by atoms with van der Waals surface area (Å²) in [5.74, 6) is 0. The van der Waals surface area contributed by atoms with Crippen molar-refractivity contribution in [1.82, 2.24) is 0 Å². The first-order valence-corrected chi connectivity index (χ1v) is 25.1. The SMILES string of the molecule is CC1(C)CCC(C)(C)c2cc(Nc3ccc4c(c3-c3cc(-c5ccccc5)cc5c3Bc3cccc6c3N5c3ccccc3C63c5ccccc5-c5ccccc53)C(C)(C)c3ccccc3-4)ccc21. The Hall–Kier alpha value is -7.36. The van der Waals surface area contributed by atoms with Crippen LogP contribution in [0.5, 0.6) is 0 Å². The molecule has 14 rings (SSSR count). The summed E-state index contributed by atoms with van der Waals surface area (Å²) in [5.41, 5.74) is 29.7. The van der Waals surface area contributed by atoms with E-state index in [1.807, 2.05) is 0 Å². The summed E-state index contributed by atoms with van der Waals surface area (Å²) in [7, 11) is 0.805. The number of anilines is 5. The maximum atomic E-state index is 4.16. The second-order valence-corrected chi connectivity index (χ2v) is 22.3. The second kappa shape index (κ2) is 14.1. The highest BCUT2D eigenvalue weighted by molar-refractivity contribution is 6.73. The molecule has 1 spiro atoms. The predicted molar refractivity (Wildman–Crippen MR) is 292 cm³/mol. The molecule has 0 unspecified atom stereocenters. The van der Waals surface area contributed by atoms with Gasteiger partial charge in [0.15, 0.2) is 7.28 Å². The summed E-state index contributed by atoms with van der Waals surface area (Å²) in [5, 5.41) is 4.16. The molecular weight excluding hydrogens is 832 g/mol. The highest BCUT2D eigenvalue weighted by Gasteiger charge is 2.53. The molecule has 1 N–H and O–H groups in total. The van der Waals surface area contributed by atoms with E-state index in [1.165, 1.54) is 130 Å². The Morgan fingerprint density at radius 1 is 0.435 bits per heavy atom. The summed E-state index contributed by atoms with van der Waals surface area (Å²) in [6.07, 6.45) is 2.37. The van der Waals surface area contributed by atoms with E-state index in [-0.39, 0.29) is 16.2 Å². The molecule has 9 aromatic rings. The first kappa shape index (κ1) is 40.7. The normalized spacial score (nSPS) is 17.0. The van der Waals surface area contributed by atoms with Gasteiger partial charge in [-0.2, -0.15) is 0 Å². The van der Waals surface area contributed by atoms with Gasteiger partial charge in [0.05, 0.1) is 11.1 Å². The molecule has 0 amide bonds. The molecule has 0 atom stereocenters. The Bertz CT molecular complexity index is 3620. The van der Waals surface area contributed by atoms with E-state index >= 15 is 0 Å². The van der Waals surface area contributed by atoms with Gasteiger partial charge in [0.25, 0.3) is 0 Å². The molecule has 2 aliphatic heterocycles. The maximum Gasteiger partial charge on any atom is 0.198 e. The third-order valence-corrected chi connectivity index (χ3v) is 17.3. The highest BCUT2D eigenvalue weighted by Crippen LogP contribution is 2.64. The fraction of sp³-hybridized carbons (Fsp3) is 0.182. The lowest BCUT2D eigenvalue weighted by Crippen LogP contribution is -2.47. The summed E-state index contributed by atoms with van der Waals surface area (Å²) in [6, 6.07) is 72.0. The van der Waals surface area contributed by atoms with Crippen LogP contribution < -0.4 is 21.1 Å². The molecule has 332 valence electrons. The van der Waals surface area contributed by atoms with Crippen LogP contribution in [-0.2, 0) is 21.7 Å². The van der Waals surface area contributed by atoms with Gasteiger partial charge >= 0.3 is 0 Å². The number of para-hydroxylation sites is 2. The molecule has 0 saturated carbocycles. The van der Waals surface area contributed by atoms with Crippen molar-refractivity contribution in [3.63, 3.8) is 0 Å². The van der Waals surface area contributed by atoms with Crippen molar-refractivity contribution in [3.05, 3.63) is 233 Å². The molecule has 9 aromatic carbocycles. The maximum absolute atomic E-state index is 4.16. The molecule has 0 saturated heterocycles. The van der Waals surface area contributed by atoms with E-state index in [0.29, 0.717) is 0 Å². The summed E-state index contributed by atoms with van der Waals surface area (Å²) in [6.45, 7) is 14.6. The quantitative estimate of drug-likeness (QED) is 0.177. The van der Waals surface area contributed by atoms with Crippen LogP contribution in [0, 0.1) is 0 Å². The minimum absolute atomic E-state index is 0.0915. The molecule has 0 bridgehead atoms. The number of fused-ring (bicyclic) bond motifs is 15. The molecule has 69 heavy (non-hydrogen) atoms. The van der Waals surface area contributed by atoms with Gasteiger partial charge in [-0.05, 0) is 149 Å². The molecule has 0 aromatic heterocycles. The molecular formula is C66H55BN2. The van der Waals surface area contributed by atoms with Gasteiger partial charge in [-0.25, -0.2) is 0 Å². The Morgan fingerprint density at radius 3 is 1.77 bits per heavy atom. The van der Waals surface area contributed by atoms with Crippen molar-refractivity contribution in [2.24, 2.45) is 0 Å². The van der Waals surface area contributed by atoms with E-state index in [1.54, 1.807) is 0 Å². The van der Waals surface area contributed by atoms with Crippen molar-refractivity contribution in [3.8, 4) is 44.5 Å². The molecule has 0 radical (unpaired) electrons. The van der Waals surface area contributed by atoms with E-state index in [4.69, 9.17) is 0 Å². The smallest absolute Gasteiger partial charge is 0.198 e. The third kappa shape index (κ3) is 5.45. The zero-order chi connectivity index (χ0) is 46.6. The Kier molecular flexibility index (Phi) is 8.32. The third-order valence-electron chi connectivity index (χ3n) is 17.3. The van der Waals surface area contributed by atoms with Crippen LogP contribution in [0.1, 0.15) is 98.9 Å². The predicted octanol–water partition coefficient (Wildman–Crippen LogP) is 15.3. The van der Waals surface area contributed by atoms with Crippen LogP contribution in [0.2, 0.25) is 0 Å². The summed E-state index contributed by atoms with van der Waals surface area (Å²) in [4.78, 5) is 2.66. The van der Waals surface area contributed by atoms with Gasteiger partial charge in [0, 0.05) is 33.7 Å². The topological polar surface area (TPSA) is 15.3 Å². The van der Waals surface area contributed by atoms with Gasteiger partial charge in [0.1, 0.15) is 0 Å². The number of nitrogens with zero attached hydrogens (tertiary/aromatic N) is 1. The van der Waals surface area contributed by atoms with Crippen LogP contribution in [0.25, 0.3) is 44.5 Å². The monoisotopic (exact) mass is 886 g/mol. The minimum atomic E-state index is -0.463. The van der Waals surface area contributed by atoms with E-state index in [2.05, 4.69) is 240 Å². The first-order chi connectivity index (χ1) is 33.5. The van der Waals surface area contributed by atoms with Crippen molar-refractivity contribution in [2.75, 3.05) is 10.2 Å². The van der Waals surface area contributed by atoms with Gasteiger partial charge < -0.3 is 10.2 Å². The largest absolute Gasteiger partial charge is 0.355 e. The van der Waals surface area contributed by atoms with E-state index in [9.17, 15) is 0 Å². The zero-order valence-electron chi connectivity index (χ0n) is 40.5. The van der Waals surface area contributed by atoms with Crippen LogP contribution in [-0.4, -0.2) is 7.28 Å². The standard InChI is InChI=1S/C66H55BN2/c1-63(2)35-36-64(3,4)54-39-42(31-33-51(54)63)68-56-34-32-46-45-23-10-13-24-48(45)65(5,6)60(46)59(56)47-37-41(40-19-8-7-9-20-40)38-58-61(47)67-55-29-18-28-53-62(55)69(58)57-30-17-16-27-52(57)66(53)49-25-14-11-21-43(49)44-22-12-15-26-50(44)66/h7-34,37-39,67-68H,35-36H2,1-6H3. The first-order valence-electron chi connectivity index (χ1n) is 25.1. The second-order valence-electron chi connectivity index (χ2n) is 22.3. The number of hydrogen-bond donors (Lipinski definition) is 1. The van der Waals surface area contributed by atoms with Crippen molar-refractivity contribution < 1.29 is 0 Å². The highest BCUT2D eigenvalue weighted by atomic mass is 15.2. The van der Waals surface area contributed by atoms with Gasteiger partial charge in [-0.3, -0.25) is 0 Å². The molecule has 0 fully saturated rings. The number of hydrogen-bond acceptors (Lipinski definition) is 2. The Morgan fingerprint density at radius 2 is 1.04 bits per heavy atom. The van der Waals surface area contributed by atoms with Crippen LogP contribution >= 0.6 is 0 Å². The zero-order valence-corrected chi connectivity index (χ0v) is 40.5. The summed E-state index contributed by atoms with van der Waals surface area (Å²) < 4.78 is 0. The molecule has 3 heteroatoms. The average Bonchev–Trinajstić information content (AvgIpc) is 3.79. The molecule has 5 aliphatic rings. The Labute approximate surface area is 408 Å². The molecule has 2 nitrogen and oxygen atoms in total. The summed E-state index contributed by atoms with van der Waals surface area (Å²) >= 11 is 0. The van der Waals surface area contributed by atoms with Gasteiger partial charge in [-0.1, -0.05) is 199 Å². The molecule has 3 aliphatic carbocycles. The number of benzene rings is 9. The molecule has 2 heterocycles. The lowest BCUT2D eigenvalue weighted by Gasteiger charge is -2.48. The lowest BCUT2D eigenvalue weighted by atomic mass is 9.54. The lowest BCUT2D eigenvalue weighted by molar-refractivity contribution is 0.332. The van der Waals surface area contributed by atoms with Crippen LogP contribution in [0.3, 0.4) is 0 Å². The number of nitrogens with one attached hydrogen (secondary N) is 1. The number of rotatable bonds is 4. The average molecular weight is 887 g/mol. The van der Waals surface area contributed by atoms with E-state index < -0.39 is 5.41 Å². The van der Waals surface area contributed by atoms with Crippen molar-refractivity contribution in [1.29, 1.82) is 0 Å². The van der Waals surface area contributed by atoms with Crippen molar-refractivity contribution >= 4 is 46.6 Å². The fourth-order valence-electron chi connectivity index (χ4n) is 14.0. The Balaban J connectivity index is 1.06. The van der Waals surface area contributed by atoms with Crippen LogP contribution in [0.4, 0.5) is 28.4 Å². The van der Waals surface area contributed by atoms with E-state index in [0.717, 1.165) is 18.7 Å². The van der Waals surface area contributed by atoms with Gasteiger partial charge in [-0.15, -0.1) is 0 Å².